The van der Waals surface area contributed by atoms with Crippen molar-refractivity contribution in [3.63, 3.8) is 0 Å². The van der Waals surface area contributed by atoms with Gasteiger partial charge in [0.25, 0.3) is 11.7 Å². The Morgan fingerprint density at radius 2 is 1.82 bits per heavy atom. The molecule has 9 nitrogen and oxygen atoms in total. The molecule has 1 atom stereocenters. The molecule has 9 heteroatoms. The molecular formula is C24H27NO8. The number of carbonyl (C=O) groups is 2. The summed E-state index contributed by atoms with van der Waals surface area (Å²) in [6, 6.07) is 10.1. The molecule has 3 rings (SSSR count). The lowest BCUT2D eigenvalue weighted by atomic mass is 9.95. The average Bonchev–Trinajstić information content (AvgIpc) is 3.07. The molecule has 2 aromatic rings. The molecular weight excluding hydrogens is 430 g/mol. The van der Waals surface area contributed by atoms with Crippen molar-refractivity contribution in [2.24, 2.45) is 0 Å². The third kappa shape index (κ3) is 5.10. The van der Waals surface area contributed by atoms with E-state index in [0.29, 0.717) is 23.5 Å². The van der Waals surface area contributed by atoms with E-state index < -0.39 is 17.7 Å². The van der Waals surface area contributed by atoms with Crippen molar-refractivity contribution in [3.05, 3.63) is 59.2 Å². The number of nitrogens with zero attached hydrogens (tertiary/aromatic N) is 1. The van der Waals surface area contributed by atoms with Gasteiger partial charge >= 0.3 is 0 Å². The number of rotatable bonds is 10. The Labute approximate surface area is 191 Å². The van der Waals surface area contributed by atoms with Gasteiger partial charge in [0.2, 0.25) is 0 Å². The van der Waals surface area contributed by atoms with Crippen LogP contribution in [0, 0.1) is 0 Å². The van der Waals surface area contributed by atoms with Crippen molar-refractivity contribution in [1.29, 1.82) is 0 Å². The Morgan fingerprint density at radius 1 is 1.09 bits per heavy atom. The van der Waals surface area contributed by atoms with Gasteiger partial charge in [-0.2, -0.15) is 0 Å². The number of hydrogen-bond acceptors (Lipinski definition) is 8. The molecule has 176 valence electrons. The topological polar surface area (TPSA) is 126 Å². The molecule has 0 saturated carbocycles. The summed E-state index contributed by atoms with van der Waals surface area (Å²) in [6.07, 6.45) is 0. The van der Waals surface area contributed by atoms with Gasteiger partial charge in [-0.3, -0.25) is 9.59 Å². The first kappa shape index (κ1) is 24.1. The fourth-order valence-electron chi connectivity index (χ4n) is 3.68. The molecule has 1 fully saturated rings. The summed E-state index contributed by atoms with van der Waals surface area (Å²) in [5, 5.41) is 30.0. The smallest absolute Gasteiger partial charge is 0.295 e. The number of ether oxygens (including phenoxy) is 3. The average molecular weight is 457 g/mol. The Bertz CT molecular complexity index is 1030. The van der Waals surface area contributed by atoms with E-state index in [9.17, 15) is 19.8 Å². The Morgan fingerprint density at radius 3 is 2.45 bits per heavy atom. The molecule has 0 spiro atoms. The number of aromatic hydroxyl groups is 1. The zero-order chi connectivity index (χ0) is 24.0. The van der Waals surface area contributed by atoms with Crippen molar-refractivity contribution in [1.82, 2.24) is 4.90 Å². The minimum Gasteiger partial charge on any atom is -0.507 e. The highest BCUT2D eigenvalue weighted by Gasteiger charge is 2.46. The number of aliphatic hydroxyl groups excluding tert-OH is 2. The number of amides is 1. The van der Waals surface area contributed by atoms with Gasteiger partial charge in [0.1, 0.15) is 11.5 Å². The van der Waals surface area contributed by atoms with Crippen molar-refractivity contribution in [2.75, 3.05) is 40.1 Å². The van der Waals surface area contributed by atoms with Crippen molar-refractivity contribution in [2.45, 2.75) is 13.0 Å². The summed E-state index contributed by atoms with van der Waals surface area (Å²) in [7, 11) is 1.39. The Kier molecular flexibility index (Phi) is 7.92. The number of Topliss-reactive ketones (excluding diaryl/α,β-unsaturated/α-hetero) is 1. The van der Waals surface area contributed by atoms with Crippen LogP contribution in [0.3, 0.4) is 0 Å². The van der Waals surface area contributed by atoms with E-state index in [1.165, 1.54) is 24.1 Å². The van der Waals surface area contributed by atoms with Gasteiger partial charge in [-0.05, 0) is 48.9 Å². The summed E-state index contributed by atoms with van der Waals surface area (Å²) in [4.78, 5) is 27.2. The van der Waals surface area contributed by atoms with Gasteiger partial charge in [-0.15, -0.1) is 0 Å². The van der Waals surface area contributed by atoms with E-state index in [2.05, 4.69) is 0 Å². The molecule has 0 radical (unpaired) electrons. The van der Waals surface area contributed by atoms with Gasteiger partial charge in [0, 0.05) is 12.1 Å². The number of benzene rings is 2. The molecule has 33 heavy (non-hydrogen) atoms. The van der Waals surface area contributed by atoms with Crippen molar-refractivity contribution < 1.29 is 39.1 Å². The number of phenols is 1. The van der Waals surface area contributed by atoms with E-state index in [0.717, 1.165) is 0 Å². The van der Waals surface area contributed by atoms with Crippen LogP contribution in [-0.2, 0) is 14.3 Å². The summed E-state index contributed by atoms with van der Waals surface area (Å²) in [6.45, 7) is 2.40. The van der Waals surface area contributed by atoms with Gasteiger partial charge in [0.05, 0.1) is 45.2 Å². The minimum absolute atomic E-state index is 0.0541. The quantitative estimate of drug-likeness (QED) is 0.215. The zero-order valence-electron chi connectivity index (χ0n) is 18.5. The maximum absolute atomic E-state index is 13.0. The number of carbonyl (C=O) groups excluding carboxylic acids is 2. The monoisotopic (exact) mass is 457 g/mol. The fraction of sp³-hybridized carbons (Fsp3) is 0.333. The van der Waals surface area contributed by atoms with Crippen LogP contribution in [0.15, 0.2) is 48.0 Å². The number of ketones is 1. The highest BCUT2D eigenvalue weighted by Crippen LogP contribution is 2.41. The highest BCUT2D eigenvalue weighted by atomic mass is 16.5. The molecule has 1 aliphatic rings. The normalized spacial score (nSPS) is 17.4. The number of methoxy groups -OCH3 is 1. The van der Waals surface area contributed by atoms with Crippen LogP contribution in [0.2, 0.25) is 0 Å². The van der Waals surface area contributed by atoms with Gasteiger partial charge in [0.15, 0.2) is 11.5 Å². The lowest BCUT2D eigenvalue weighted by Gasteiger charge is -2.25. The van der Waals surface area contributed by atoms with Crippen LogP contribution in [0.1, 0.15) is 24.1 Å². The molecule has 1 unspecified atom stereocenters. The van der Waals surface area contributed by atoms with Crippen molar-refractivity contribution >= 4 is 17.4 Å². The number of hydrogen-bond donors (Lipinski definition) is 3. The molecule has 1 amide bonds. The van der Waals surface area contributed by atoms with E-state index in [-0.39, 0.29) is 49.2 Å². The predicted molar refractivity (Wildman–Crippen MR) is 119 cm³/mol. The first-order valence-electron chi connectivity index (χ1n) is 10.5. The fourth-order valence-corrected chi connectivity index (χ4v) is 3.68. The zero-order valence-corrected chi connectivity index (χ0v) is 18.5. The standard InChI is InChI=1S/C24H27NO8/c1-3-33-17-7-4-15(5-8-17)22(28)20-21(16-6-9-18(27)19(14-16)31-2)25(24(30)23(20)29)10-12-32-13-11-26/h4-9,14,21,26-28H,3,10-13H2,1-2H3/b22-20-. The van der Waals surface area contributed by atoms with Crippen LogP contribution in [0.25, 0.3) is 5.76 Å². The second-order valence-corrected chi connectivity index (χ2v) is 7.22. The summed E-state index contributed by atoms with van der Waals surface area (Å²) in [5.74, 6) is -1.28. The van der Waals surface area contributed by atoms with Crippen LogP contribution in [0.4, 0.5) is 0 Å². The van der Waals surface area contributed by atoms with E-state index in [4.69, 9.17) is 19.3 Å². The first-order valence-corrected chi connectivity index (χ1v) is 10.5. The summed E-state index contributed by atoms with van der Waals surface area (Å²) < 4.78 is 15.9. The van der Waals surface area contributed by atoms with Gasteiger partial charge < -0.3 is 34.4 Å². The molecule has 0 aliphatic carbocycles. The van der Waals surface area contributed by atoms with Crippen LogP contribution >= 0.6 is 0 Å². The first-order chi connectivity index (χ1) is 15.9. The largest absolute Gasteiger partial charge is 0.507 e. The number of likely N-dealkylation sites (tertiary alicyclic amines) is 1. The Hall–Kier alpha value is -3.56. The van der Waals surface area contributed by atoms with E-state index >= 15 is 0 Å². The molecule has 0 aromatic heterocycles. The lowest BCUT2D eigenvalue weighted by Crippen LogP contribution is -2.33. The second-order valence-electron chi connectivity index (χ2n) is 7.22. The molecule has 2 aromatic carbocycles. The number of aliphatic hydroxyl groups is 2. The maximum Gasteiger partial charge on any atom is 0.295 e. The molecule has 1 aliphatic heterocycles. The van der Waals surface area contributed by atoms with Crippen LogP contribution < -0.4 is 9.47 Å². The third-order valence-electron chi connectivity index (χ3n) is 5.21. The van der Waals surface area contributed by atoms with E-state index in [1.54, 1.807) is 30.3 Å². The minimum atomic E-state index is -0.927. The second kappa shape index (κ2) is 10.8. The van der Waals surface area contributed by atoms with E-state index in [1.807, 2.05) is 6.92 Å². The maximum atomic E-state index is 13.0. The highest BCUT2D eigenvalue weighted by molar-refractivity contribution is 6.46. The molecule has 1 saturated heterocycles. The number of phenolic OH excluding ortho intramolecular Hbond substituents is 1. The summed E-state index contributed by atoms with van der Waals surface area (Å²) >= 11 is 0. The molecule has 0 bridgehead atoms. The molecule has 1 heterocycles. The van der Waals surface area contributed by atoms with Gasteiger partial charge in [-0.25, -0.2) is 0 Å². The molecule has 3 N–H and O–H groups in total. The van der Waals surface area contributed by atoms with Crippen LogP contribution in [-0.4, -0.2) is 72.0 Å². The third-order valence-corrected chi connectivity index (χ3v) is 5.21. The van der Waals surface area contributed by atoms with Gasteiger partial charge in [-0.1, -0.05) is 6.07 Å². The predicted octanol–water partition coefficient (Wildman–Crippen LogP) is 2.23. The summed E-state index contributed by atoms with van der Waals surface area (Å²) in [5.41, 5.74) is 0.737. The van der Waals surface area contributed by atoms with Crippen LogP contribution in [0.5, 0.6) is 17.2 Å². The SMILES string of the molecule is CCOc1ccc(/C(O)=C2/C(=O)C(=O)N(CCOCCO)C2c2ccc(O)c(OC)c2)cc1. The Balaban J connectivity index is 2.08. The lowest BCUT2D eigenvalue weighted by molar-refractivity contribution is -0.140. The van der Waals surface area contributed by atoms with Crippen molar-refractivity contribution in [3.8, 4) is 17.2 Å².